The second-order valence-corrected chi connectivity index (χ2v) is 9.56. The van der Waals surface area contributed by atoms with Gasteiger partial charge in [-0.15, -0.1) is 0 Å². The number of fused-ring (bicyclic) bond motifs is 1. The Kier molecular flexibility index (Phi) is 4.51. The predicted molar refractivity (Wildman–Crippen MR) is 113 cm³/mol. The third kappa shape index (κ3) is 3.66. The summed E-state index contributed by atoms with van der Waals surface area (Å²) in [6, 6.07) is 13.0. The van der Waals surface area contributed by atoms with Gasteiger partial charge < -0.3 is 14.2 Å². The van der Waals surface area contributed by atoms with Gasteiger partial charge in [-0.05, 0) is 30.7 Å². The number of anilines is 1. The smallest absolute Gasteiger partial charge is 0.360 e. The molecule has 0 radical (unpaired) electrons. The van der Waals surface area contributed by atoms with Crippen molar-refractivity contribution in [2.45, 2.75) is 12.5 Å². The Morgan fingerprint density at radius 1 is 1.16 bits per heavy atom. The van der Waals surface area contributed by atoms with Crippen LogP contribution in [-0.2, 0) is 9.84 Å². The molecule has 1 aliphatic heterocycles. The van der Waals surface area contributed by atoms with Crippen molar-refractivity contribution in [2.75, 3.05) is 16.8 Å². The van der Waals surface area contributed by atoms with Crippen molar-refractivity contribution in [3.63, 3.8) is 0 Å². The minimum atomic E-state index is -3.16. The van der Waals surface area contributed by atoms with Gasteiger partial charge in [0.25, 0.3) is 5.91 Å². The number of nitrogens with one attached hydrogen (secondary N) is 1. The molecule has 4 heterocycles. The normalized spacial score (nSPS) is 17.7. The molecule has 1 saturated heterocycles. The quantitative estimate of drug-likeness (QED) is 0.485. The maximum absolute atomic E-state index is 12.9. The van der Waals surface area contributed by atoms with Gasteiger partial charge in [0, 0.05) is 11.5 Å². The minimum absolute atomic E-state index is 0.0127. The zero-order valence-corrected chi connectivity index (χ0v) is 17.0. The molecule has 1 aliphatic rings. The molecule has 4 aromatic rings. The number of hydrogen-bond acceptors (Lipinski definition) is 7. The zero-order chi connectivity index (χ0) is 21.6. The van der Waals surface area contributed by atoms with Crippen molar-refractivity contribution in [2.24, 2.45) is 0 Å². The molecule has 31 heavy (non-hydrogen) atoms. The molecule has 9 nitrogen and oxygen atoms in total. The van der Waals surface area contributed by atoms with E-state index in [-0.39, 0.29) is 22.9 Å². The van der Waals surface area contributed by atoms with Crippen molar-refractivity contribution in [1.82, 2.24) is 9.78 Å². The van der Waals surface area contributed by atoms with E-state index in [1.807, 2.05) is 0 Å². The van der Waals surface area contributed by atoms with Crippen LogP contribution in [0.15, 0.2) is 68.4 Å². The van der Waals surface area contributed by atoms with Crippen LogP contribution >= 0.6 is 0 Å². The molecule has 0 aliphatic carbocycles. The molecular weight excluding hydrogens is 422 g/mol. The predicted octanol–water partition coefficient (Wildman–Crippen LogP) is 2.86. The van der Waals surface area contributed by atoms with E-state index in [1.165, 1.54) is 23.1 Å². The van der Waals surface area contributed by atoms with Crippen LogP contribution in [0.4, 0.5) is 5.69 Å². The van der Waals surface area contributed by atoms with E-state index in [2.05, 4.69) is 10.4 Å². The number of rotatable bonds is 4. The van der Waals surface area contributed by atoms with E-state index in [0.717, 1.165) is 0 Å². The second-order valence-electron chi connectivity index (χ2n) is 7.33. The Morgan fingerprint density at radius 2 is 2.00 bits per heavy atom. The van der Waals surface area contributed by atoms with E-state index >= 15 is 0 Å². The first-order chi connectivity index (χ1) is 14.9. The molecular formula is C21H17N3O6S. The Hall–Kier alpha value is -3.66. The Balaban J connectivity index is 1.50. The largest absolute Gasteiger partial charge is 0.463 e. The highest BCUT2D eigenvalue weighted by Crippen LogP contribution is 2.30. The standard InChI is InChI=1S/C21H17N3O6S/c25-20(22-16-10-13-4-1-2-5-18(13)30-21(16)26)15-11-17(19-6-3-8-29-19)24(23-15)14-7-9-31(27,28)12-14/h1-6,8,10-11,14H,7,9,12H2,(H,22,25)/t14-/m0/s1. The molecule has 0 unspecified atom stereocenters. The van der Waals surface area contributed by atoms with Crippen molar-refractivity contribution >= 4 is 32.4 Å². The molecule has 1 fully saturated rings. The van der Waals surface area contributed by atoms with Gasteiger partial charge >= 0.3 is 5.63 Å². The van der Waals surface area contributed by atoms with Gasteiger partial charge in [0.1, 0.15) is 17.0 Å². The van der Waals surface area contributed by atoms with Crippen molar-refractivity contribution in [3.05, 3.63) is 70.9 Å². The lowest BCUT2D eigenvalue weighted by atomic mass is 10.2. The third-order valence-corrected chi connectivity index (χ3v) is 6.94. The number of furan rings is 1. The highest BCUT2D eigenvalue weighted by atomic mass is 32.2. The maximum Gasteiger partial charge on any atom is 0.360 e. The molecule has 1 atom stereocenters. The van der Waals surface area contributed by atoms with Gasteiger partial charge in [0.2, 0.25) is 0 Å². The SMILES string of the molecule is O=C(Nc1cc2ccccc2oc1=O)c1cc(-c2ccco2)n([C@H]2CCS(=O)(=O)C2)n1. The lowest BCUT2D eigenvalue weighted by molar-refractivity contribution is 0.102. The Bertz CT molecular complexity index is 1450. The van der Waals surface area contributed by atoms with Gasteiger partial charge in [-0.2, -0.15) is 5.10 Å². The summed E-state index contributed by atoms with van der Waals surface area (Å²) in [5.74, 6) is -0.150. The van der Waals surface area contributed by atoms with Crippen molar-refractivity contribution in [1.29, 1.82) is 0 Å². The summed E-state index contributed by atoms with van der Waals surface area (Å²) in [5.41, 5.74) is 0.240. The topological polar surface area (TPSA) is 124 Å². The first-order valence-corrected chi connectivity index (χ1v) is 11.4. The van der Waals surface area contributed by atoms with E-state index in [0.29, 0.717) is 28.8 Å². The van der Waals surface area contributed by atoms with E-state index in [9.17, 15) is 18.0 Å². The van der Waals surface area contributed by atoms with Crippen molar-refractivity contribution in [3.8, 4) is 11.5 Å². The summed E-state index contributed by atoms with van der Waals surface area (Å²) < 4.78 is 36.1. The molecule has 0 bridgehead atoms. The fourth-order valence-electron chi connectivity index (χ4n) is 3.70. The van der Waals surface area contributed by atoms with Crippen LogP contribution in [0, 0.1) is 0 Å². The van der Waals surface area contributed by atoms with Gasteiger partial charge in [-0.25, -0.2) is 13.2 Å². The van der Waals surface area contributed by atoms with Gasteiger partial charge in [-0.3, -0.25) is 9.48 Å². The highest BCUT2D eigenvalue weighted by Gasteiger charge is 2.32. The molecule has 1 N–H and O–H groups in total. The number of para-hydroxylation sites is 1. The highest BCUT2D eigenvalue weighted by molar-refractivity contribution is 7.91. The molecule has 0 spiro atoms. The average molecular weight is 439 g/mol. The number of benzene rings is 1. The summed E-state index contributed by atoms with van der Waals surface area (Å²) in [4.78, 5) is 25.1. The number of carbonyl (C=O) groups excluding carboxylic acids is 1. The van der Waals surface area contributed by atoms with E-state index in [4.69, 9.17) is 8.83 Å². The van der Waals surface area contributed by atoms with Crippen LogP contribution in [0.1, 0.15) is 23.0 Å². The van der Waals surface area contributed by atoms with Crippen LogP contribution in [0.5, 0.6) is 0 Å². The summed E-state index contributed by atoms with van der Waals surface area (Å²) in [7, 11) is -3.16. The summed E-state index contributed by atoms with van der Waals surface area (Å²) in [5, 5.41) is 7.55. The third-order valence-electron chi connectivity index (χ3n) is 5.19. The number of carbonyl (C=O) groups is 1. The van der Waals surface area contributed by atoms with Crippen LogP contribution in [-0.4, -0.2) is 35.6 Å². The number of hydrogen-bond donors (Lipinski definition) is 1. The van der Waals surface area contributed by atoms with E-state index < -0.39 is 27.4 Å². The first-order valence-electron chi connectivity index (χ1n) is 9.58. The van der Waals surface area contributed by atoms with Gasteiger partial charge in [-0.1, -0.05) is 18.2 Å². The molecule has 5 rings (SSSR count). The van der Waals surface area contributed by atoms with Crippen LogP contribution in [0.3, 0.4) is 0 Å². The van der Waals surface area contributed by atoms with Crippen LogP contribution in [0.2, 0.25) is 0 Å². The number of sulfone groups is 1. The number of amides is 1. The van der Waals surface area contributed by atoms with Crippen LogP contribution in [0.25, 0.3) is 22.4 Å². The number of nitrogens with zero attached hydrogens (tertiary/aromatic N) is 2. The van der Waals surface area contributed by atoms with Gasteiger partial charge in [0.15, 0.2) is 21.3 Å². The average Bonchev–Trinajstić information content (AvgIpc) is 3.47. The lowest BCUT2D eigenvalue weighted by Gasteiger charge is -2.11. The van der Waals surface area contributed by atoms with E-state index in [1.54, 1.807) is 36.4 Å². The lowest BCUT2D eigenvalue weighted by Crippen LogP contribution is -2.19. The zero-order valence-electron chi connectivity index (χ0n) is 16.1. The first kappa shape index (κ1) is 19.3. The second kappa shape index (κ2) is 7.24. The Labute approximate surface area is 176 Å². The molecule has 3 aromatic heterocycles. The molecule has 1 aromatic carbocycles. The summed E-state index contributed by atoms with van der Waals surface area (Å²) in [6.45, 7) is 0. The monoisotopic (exact) mass is 439 g/mol. The number of aromatic nitrogens is 2. The fourth-order valence-corrected chi connectivity index (χ4v) is 5.39. The van der Waals surface area contributed by atoms with Crippen molar-refractivity contribution < 1.29 is 22.0 Å². The summed E-state index contributed by atoms with van der Waals surface area (Å²) in [6.07, 6.45) is 1.88. The minimum Gasteiger partial charge on any atom is -0.463 e. The van der Waals surface area contributed by atoms with Gasteiger partial charge in [0.05, 0.1) is 23.8 Å². The fraction of sp³-hybridized carbons (Fsp3) is 0.190. The maximum atomic E-state index is 12.9. The Morgan fingerprint density at radius 3 is 2.74 bits per heavy atom. The molecule has 0 saturated carbocycles. The van der Waals surface area contributed by atoms with Crippen LogP contribution < -0.4 is 10.9 Å². The summed E-state index contributed by atoms with van der Waals surface area (Å²) >= 11 is 0. The molecule has 10 heteroatoms. The molecule has 158 valence electrons. The molecule has 1 amide bonds.